The third-order valence-electron chi connectivity index (χ3n) is 5.91. The molecule has 1 aliphatic rings. The Labute approximate surface area is 204 Å². The van der Waals surface area contributed by atoms with Gasteiger partial charge in [0.1, 0.15) is 23.7 Å². The fourth-order valence-electron chi connectivity index (χ4n) is 4.01. The van der Waals surface area contributed by atoms with Crippen LogP contribution in [0.5, 0.6) is 5.75 Å². The molecule has 35 heavy (non-hydrogen) atoms. The summed E-state index contributed by atoms with van der Waals surface area (Å²) in [4.78, 5) is 17.8. The molecule has 0 unspecified atom stereocenters. The standard InChI is InChI=1S/C25H19ClFN7O/c1-34-13-16(12-32-34)15-9-20-22(21(10-15)35-25(5-6-25)24-28-7-2-8-29-24)23(31-14-30-20)33-17-3-4-19(27)18(26)11-17/h2-4,7-14H,5-6H2,1H3,(H,30,31,33). The maximum Gasteiger partial charge on any atom is 0.172 e. The quantitative estimate of drug-likeness (QED) is 0.341. The highest BCUT2D eigenvalue weighted by atomic mass is 35.5. The van der Waals surface area contributed by atoms with Crippen LogP contribution >= 0.6 is 11.6 Å². The number of aromatic nitrogens is 6. The molecule has 0 bridgehead atoms. The maximum absolute atomic E-state index is 13.7. The zero-order chi connectivity index (χ0) is 24.0. The third-order valence-corrected chi connectivity index (χ3v) is 6.19. The van der Waals surface area contributed by atoms with Gasteiger partial charge in [0.05, 0.1) is 22.1 Å². The lowest BCUT2D eigenvalue weighted by Gasteiger charge is -2.20. The molecule has 3 heterocycles. The van der Waals surface area contributed by atoms with Gasteiger partial charge in [0.25, 0.3) is 0 Å². The highest BCUT2D eigenvalue weighted by molar-refractivity contribution is 6.31. The van der Waals surface area contributed by atoms with Crippen LogP contribution in [0.25, 0.3) is 22.0 Å². The van der Waals surface area contributed by atoms with E-state index in [4.69, 9.17) is 16.3 Å². The molecule has 0 radical (unpaired) electrons. The lowest BCUT2D eigenvalue weighted by Crippen LogP contribution is -2.19. The summed E-state index contributed by atoms with van der Waals surface area (Å²) in [5.41, 5.74) is 2.48. The normalized spacial score (nSPS) is 14.1. The monoisotopic (exact) mass is 487 g/mol. The Balaban J connectivity index is 1.50. The second-order valence-corrected chi connectivity index (χ2v) is 8.82. The van der Waals surface area contributed by atoms with E-state index < -0.39 is 11.4 Å². The van der Waals surface area contributed by atoms with Gasteiger partial charge in [-0.3, -0.25) is 4.68 Å². The minimum atomic E-state index is -0.617. The lowest BCUT2D eigenvalue weighted by atomic mass is 10.1. The molecule has 0 atom stereocenters. The number of halogens is 2. The summed E-state index contributed by atoms with van der Waals surface area (Å²) in [7, 11) is 1.87. The predicted octanol–water partition coefficient (Wildman–Crippen LogP) is 5.42. The third kappa shape index (κ3) is 4.04. The van der Waals surface area contributed by atoms with Gasteiger partial charge in [0.2, 0.25) is 0 Å². The number of hydrogen-bond donors (Lipinski definition) is 1. The van der Waals surface area contributed by atoms with E-state index in [9.17, 15) is 4.39 Å². The molecule has 2 aromatic carbocycles. The van der Waals surface area contributed by atoms with Crippen LogP contribution < -0.4 is 10.1 Å². The molecule has 10 heteroatoms. The summed E-state index contributed by atoms with van der Waals surface area (Å²) in [6.45, 7) is 0. The van der Waals surface area contributed by atoms with Gasteiger partial charge in [-0.15, -0.1) is 0 Å². The first kappa shape index (κ1) is 21.4. The van der Waals surface area contributed by atoms with Gasteiger partial charge >= 0.3 is 0 Å². The molecule has 1 aliphatic carbocycles. The topological polar surface area (TPSA) is 90.6 Å². The van der Waals surface area contributed by atoms with Crippen LogP contribution in [-0.2, 0) is 12.6 Å². The predicted molar refractivity (Wildman–Crippen MR) is 130 cm³/mol. The molecule has 0 saturated heterocycles. The molecule has 6 rings (SSSR count). The lowest BCUT2D eigenvalue weighted by molar-refractivity contribution is 0.173. The van der Waals surface area contributed by atoms with Gasteiger partial charge in [-0.05, 0) is 54.8 Å². The van der Waals surface area contributed by atoms with Crippen molar-refractivity contribution < 1.29 is 9.13 Å². The first-order chi connectivity index (χ1) is 17.0. The van der Waals surface area contributed by atoms with Crippen molar-refractivity contribution >= 4 is 34.0 Å². The fraction of sp³-hybridized carbons (Fsp3) is 0.160. The Morgan fingerprint density at radius 1 is 1.06 bits per heavy atom. The number of nitrogens with zero attached hydrogens (tertiary/aromatic N) is 6. The molecule has 8 nitrogen and oxygen atoms in total. The smallest absolute Gasteiger partial charge is 0.172 e. The molecule has 1 N–H and O–H groups in total. The van der Waals surface area contributed by atoms with Gasteiger partial charge < -0.3 is 10.1 Å². The van der Waals surface area contributed by atoms with E-state index >= 15 is 0 Å². The zero-order valence-corrected chi connectivity index (χ0v) is 19.4. The second-order valence-electron chi connectivity index (χ2n) is 8.42. The van der Waals surface area contributed by atoms with Crippen LogP contribution in [0.2, 0.25) is 5.02 Å². The van der Waals surface area contributed by atoms with Crippen LogP contribution in [0.3, 0.4) is 0 Å². The van der Waals surface area contributed by atoms with Crippen LogP contribution in [0.1, 0.15) is 18.7 Å². The Kier molecular flexibility index (Phi) is 5.07. The molecule has 1 fully saturated rings. The van der Waals surface area contributed by atoms with Crippen molar-refractivity contribution in [2.45, 2.75) is 18.4 Å². The number of aryl methyl sites for hydroxylation is 1. The van der Waals surface area contributed by atoms with Crippen molar-refractivity contribution in [2.24, 2.45) is 7.05 Å². The first-order valence-electron chi connectivity index (χ1n) is 11.0. The highest BCUT2D eigenvalue weighted by Gasteiger charge is 2.50. The van der Waals surface area contributed by atoms with Gasteiger partial charge in [-0.1, -0.05) is 11.6 Å². The Morgan fingerprint density at radius 2 is 1.89 bits per heavy atom. The van der Waals surface area contributed by atoms with E-state index in [-0.39, 0.29) is 5.02 Å². The summed E-state index contributed by atoms with van der Waals surface area (Å²) in [5, 5.41) is 8.23. The summed E-state index contributed by atoms with van der Waals surface area (Å²) >= 11 is 5.99. The van der Waals surface area contributed by atoms with Crippen molar-refractivity contribution in [3.8, 4) is 16.9 Å². The van der Waals surface area contributed by atoms with Crippen molar-refractivity contribution in [3.63, 3.8) is 0 Å². The number of nitrogens with one attached hydrogen (secondary N) is 1. The Morgan fingerprint density at radius 3 is 2.60 bits per heavy atom. The summed E-state index contributed by atoms with van der Waals surface area (Å²) in [5.74, 6) is 1.24. The van der Waals surface area contributed by atoms with Crippen molar-refractivity contribution in [2.75, 3.05) is 5.32 Å². The summed E-state index contributed by atoms with van der Waals surface area (Å²) in [6.07, 6.45) is 10.2. The zero-order valence-electron chi connectivity index (χ0n) is 18.6. The number of anilines is 2. The van der Waals surface area contributed by atoms with E-state index in [0.29, 0.717) is 34.0 Å². The van der Waals surface area contributed by atoms with E-state index in [1.165, 1.54) is 18.5 Å². The van der Waals surface area contributed by atoms with E-state index in [1.54, 1.807) is 35.4 Å². The molecule has 3 aromatic heterocycles. The molecule has 0 amide bonds. The molecule has 0 spiro atoms. The van der Waals surface area contributed by atoms with Crippen molar-refractivity contribution in [1.29, 1.82) is 0 Å². The molecule has 1 saturated carbocycles. The molecule has 0 aliphatic heterocycles. The fourth-order valence-corrected chi connectivity index (χ4v) is 4.19. The number of benzene rings is 2. The maximum atomic E-state index is 13.7. The van der Waals surface area contributed by atoms with E-state index in [1.807, 2.05) is 25.4 Å². The van der Waals surface area contributed by atoms with Crippen LogP contribution in [0.15, 0.2) is 67.5 Å². The largest absolute Gasteiger partial charge is 0.478 e. The van der Waals surface area contributed by atoms with Gasteiger partial charge in [0.15, 0.2) is 11.4 Å². The van der Waals surface area contributed by atoms with E-state index in [0.717, 1.165) is 24.0 Å². The molecule has 5 aromatic rings. The average molecular weight is 488 g/mol. The number of fused-ring (bicyclic) bond motifs is 1. The molecule has 174 valence electrons. The first-order valence-corrected chi connectivity index (χ1v) is 11.3. The molecular formula is C25H19ClFN7O. The second kappa shape index (κ2) is 8.28. The van der Waals surface area contributed by atoms with E-state index in [2.05, 4.69) is 30.4 Å². The highest BCUT2D eigenvalue weighted by Crippen LogP contribution is 2.50. The molecular weight excluding hydrogens is 469 g/mol. The Hall–Kier alpha value is -4.11. The Bertz CT molecular complexity index is 1550. The SMILES string of the molecule is Cn1cc(-c2cc(OC3(c4ncccn4)CC3)c3c(Nc4ccc(F)c(Cl)c4)ncnc3c2)cn1. The van der Waals surface area contributed by atoms with Crippen LogP contribution in [-0.4, -0.2) is 29.7 Å². The van der Waals surface area contributed by atoms with Crippen molar-refractivity contribution in [1.82, 2.24) is 29.7 Å². The van der Waals surface area contributed by atoms with Crippen molar-refractivity contribution in [3.05, 3.63) is 84.2 Å². The summed E-state index contributed by atoms with van der Waals surface area (Å²) < 4.78 is 22.1. The number of hydrogen-bond acceptors (Lipinski definition) is 7. The number of ether oxygens (including phenoxy) is 1. The van der Waals surface area contributed by atoms with Gasteiger partial charge in [0, 0.05) is 36.9 Å². The van der Waals surface area contributed by atoms with Crippen LogP contribution in [0, 0.1) is 5.82 Å². The van der Waals surface area contributed by atoms with Gasteiger partial charge in [-0.25, -0.2) is 24.3 Å². The number of rotatable bonds is 6. The van der Waals surface area contributed by atoms with Crippen LogP contribution in [0.4, 0.5) is 15.9 Å². The summed E-state index contributed by atoms with van der Waals surface area (Å²) in [6, 6.07) is 10.1. The minimum absolute atomic E-state index is 0.0156. The average Bonchev–Trinajstić information content (AvgIpc) is 3.52. The minimum Gasteiger partial charge on any atom is -0.478 e. The van der Waals surface area contributed by atoms with Gasteiger partial charge in [-0.2, -0.15) is 5.10 Å².